The average molecular weight is 411 g/mol. The molecule has 0 heterocycles. The molecule has 0 aliphatic heterocycles. The van der Waals surface area contributed by atoms with Crippen molar-refractivity contribution >= 4 is 26.8 Å². The van der Waals surface area contributed by atoms with E-state index in [4.69, 9.17) is 0 Å². The standard InChI is InChI=1S/C25H38OSi2/c1-11-12-23(27(8,9)10)28(26,24-19(4)13-17(2)14-20(24)5)25-21(6)15-18(3)16-22(25)7/h11-16,23,26H,1-10H3. The summed E-state index contributed by atoms with van der Waals surface area (Å²) < 4.78 is 0. The van der Waals surface area contributed by atoms with Crippen molar-refractivity contribution < 1.29 is 4.80 Å². The van der Waals surface area contributed by atoms with Crippen molar-refractivity contribution in [1.82, 2.24) is 0 Å². The van der Waals surface area contributed by atoms with Gasteiger partial charge in [-0.15, -0.1) is 0 Å². The first-order valence-electron chi connectivity index (χ1n) is 10.4. The topological polar surface area (TPSA) is 20.2 Å². The molecule has 1 nitrogen and oxygen atoms in total. The highest BCUT2D eigenvalue weighted by atomic mass is 28.4. The molecule has 2 rings (SSSR count). The highest BCUT2D eigenvalue weighted by Crippen LogP contribution is 2.34. The van der Waals surface area contributed by atoms with Gasteiger partial charge in [0.15, 0.2) is 0 Å². The average Bonchev–Trinajstić information content (AvgIpc) is 2.49. The maximum Gasteiger partial charge on any atom is 0.257 e. The molecular weight excluding hydrogens is 372 g/mol. The third-order valence-electron chi connectivity index (χ3n) is 5.88. The van der Waals surface area contributed by atoms with Crippen LogP contribution in [0.3, 0.4) is 0 Å². The van der Waals surface area contributed by atoms with E-state index in [-0.39, 0.29) is 5.16 Å². The second kappa shape index (κ2) is 8.13. The van der Waals surface area contributed by atoms with E-state index in [9.17, 15) is 4.80 Å². The van der Waals surface area contributed by atoms with Crippen molar-refractivity contribution in [3.05, 3.63) is 69.8 Å². The molecule has 0 spiro atoms. The van der Waals surface area contributed by atoms with Crippen molar-refractivity contribution in [1.29, 1.82) is 0 Å². The predicted octanol–water partition coefficient (Wildman–Crippen LogP) is 5.41. The Morgan fingerprint density at radius 2 is 1.04 bits per heavy atom. The number of hydrogen-bond acceptors (Lipinski definition) is 1. The van der Waals surface area contributed by atoms with Gasteiger partial charge in [-0.3, -0.25) is 0 Å². The van der Waals surface area contributed by atoms with Crippen LogP contribution in [0.1, 0.15) is 40.3 Å². The first kappa shape index (κ1) is 22.9. The Morgan fingerprint density at radius 1 is 0.714 bits per heavy atom. The Labute approximate surface area is 174 Å². The Hall–Kier alpha value is -1.43. The number of hydrogen-bond donors (Lipinski definition) is 1. The first-order valence-corrected chi connectivity index (χ1v) is 16.0. The summed E-state index contributed by atoms with van der Waals surface area (Å²) in [6, 6.07) is 8.98. The van der Waals surface area contributed by atoms with Gasteiger partial charge in [-0.2, -0.15) is 0 Å². The smallest absolute Gasteiger partial charge is 0.257 e. The first-order chi connectivity index (χ1) is 12.8. The molecule has 0 radical (unpaired) electrons. The van der Waals surface area contributed by atoms with E-state index in [0.717, 1.165) is 0 Å². The third kappa shape index (κ3) is 4.12. The van der Waals surface area contributed by atoms with Crippen LogP contribution in [-0.2, 0) is 0 Å². The van der Waals surface area contributed by atoms with Gasteiger partial charge in [-0.05, 0) is 86.3 Å². The minimum Gasteiger partial charge on any atom is -0.424 e. The van der Waals surface area contributed by atoms with Crippen LogP contribution in [0.5, 0.6) is 0 Å². The molecule has 0 aromatic heterocycles. The molecule has 1 atom stereocenters. The summed E-state index contributed by atoms with van der Waals surface area (Å²) in [6.07, 6.45) is 4.47. The summed E-state index contributed by atoms with van der Waals surface area (Å²) in [6.45, 7) is 22.3. The SMILES string of the molecule is CC=CC([Si](C)(C)C)[Si](O)(c1c(C)cc(C)cc1C)c1c(C)cc(C)cc1C. The zero-order valence-corrected chi connectivity index (χ0v) is 21.5. The van der Waals surface area contributed by atoms with E-state index in [0.29, 0.717) is 0 Å². The van der Waals surface area contributed by atoms with E-state index >= 15 is 0 Å². The lowest BCUT2D eigenvalue weighted by Crippen LogP contribution is -2.68. The molecule has 0 aliphatic rings. The molecule has 28 heavy (non-hydrogen) atoms. The van der Waals surface area contributed by atoms with Gasteiger partial charge >= 0.3 is 0 Å². The van der Waals surface area contributed by atoms with Crippen LogP contribution < -0.4 is 10.4 Å². The molecule has 3 heteroatoms. The third-order valence-corrected chi connectivity index (χ3v) is 16.0. The van der Waals surface area contributed by atoms with Crippen molar-refractivity contribution in [3.63, 3.8) is 0 Å². The van der Waals surface area contributed by atoms with Gasteiger partial charge in [0.1, 0.15) is 0 Å². The van der Waals surface area contributed by atoms with Crippen LogP contribution in [0.25, 0.3) is 0 Å². The fourth-order valence-electron chi connectivity index (χ4n) is 5.25. The maximum atomic E-state index is 12.9. The summed E-state index contributed by atoms with van der Waals surface area (Å²) in [5.41, 5.74) is 7.47. The fraction of sp³-hybridized carbons (Fsp3) is 0.440. The molecule has 1 N–H and O–H groups in total. The minimum atomic E-state index is -3.04. The van der Waals surface area contributed by atoms with E-state index < -0.39 is 16.4 Å². The van der Waals surface area contributed by atoms with Crippen LogP contribution in [0.2, 0.25) is 24.8 Å². The zero-order valence-electron chi connectivity index (χ0n) is 19.5. The van der Waals surface area contributed by atoms with Gasteiger partial charge in [-0.1, -0.05) is 67.2 Å². The molecule has 0 saturated heterocycles. The van der Waals surface area contributed by atoms with Crippen LogP contribution >= 0.6 is 0 Å². The van der Waals surface area contributed by atoms with Crippen molar-refractivity contribution in [2.24, 2.45) is 0 Å². The van der Waals surface area contributed by atoms with E-state index in [1.165, 1.54) is 43.8 Å². The molecule has 0 bridgehead atoms. The molecule has 152 valence electrons. The summed E-state index contributed by atoms with van der Waals surface area (Å²) >= 11 is 0. The normalized spacial score (nSPS) is 14.0. The van der Waals surface area contributed by atoms with Crippen molar-refractivity contribution in [2.75, 3.05) is 0 Å². The van der Waals surface area contributed by atoms with Gasteiger partial charge in [0.25, 0.3) is 8.32 Å². The van der Waals surface area contributed by atoms with Crippen LogP contribution in [-0.4, -0.2) is 21.2 Å². The number of benzene rings is 2. The molecular formula is C25H38OSi2. The summed E-state index contributed by atoms with van der Waals surface area (Å²) in [7, 11) is -4.74. The Balaban J connectivity index is 3.04. The lowest BCUT2D eigenvalue weighted by atomic mass is 10.1. The van der Waals surface area contributed by atoms with Crippen molar-refractivity contribution in [2.45, 2.75) is 73.3 Å². The second-order valence-corrected chi connectivity index (χ2v) is 18.8. The second-order valence-electron chi connectivity index (χ2n) is 9.68. The molecule has 2 aromatic carbocycles. The molecule has 0 aliphatic carbocycles. The number of aryl methyl sites for hydroxylation is 6. The maximum absolute atomic E-state index is 12.9. The molecule has 0 fully saturated rings. The van der Waals surface area contributed by atoms with Gasteiger partial charge in [-0.25, -0.2) is 0 Å². The molecule has 2 aromatic rings. The highest BCUT2D eigenvalue weighted by Gasteiger charge is 2.51. The quantitative estimate of drug-likeness (QED) is 0.516. The van der Waals surface area contributed by atoms with E-state index in [1.54, 1.807) is 0 Å². The van der Waals surface area contributed by atoms with E-state index in [1.807, 2.05) is 0 Å². The van der Waals surface area contributed by atoms with Gasteiger partial charge in [0, 0.05) is 0 Å². The predicted molar refractivity (Wildman–Crippen MR) is 130 cm³/mol. The summed E-state index contributed by atoms with van der Waals surface area (Å²) in [4.78, 5) is 12.9. The number of allylic oxidation sites excluding steroid dienone is 2. The summed E-state index contributed by atoms with van der Waals surface area (Å²) in [5, 5.41) is 2.66. The molecule has 1 unspecified atom stereocenters. The minimum absolute atomic E-state index is 0.213. The van der Waals surface area contributed by atoms with Crippen LogP contribution in [0, 0.1) is 41.5 Å². The Morgan fingerprint density at radius 3 is 1.29 bits per heavy atom. The monoisotopic (exact) mass is 410 g/mol. The fourth-order valence-corrected chi connectivity index (χ4v) is 15.9. The number of rotatable bonds is 5. The largest absolute Gasteiger partial charge is 0.424 e. The highest BCUT2D eigenvalue weighted by molar-refractivity contribution is 7.08. The van der Waals surface area contributed by atoms with Crippen LogP contribution in [0.15, 0.2) is 36.4 Å². The lowest BCUT2D eigenvalue weighted by molar-refractivity contribution is 0.563. The lowest BCUT2D eigenvalue weighted by Gasteiger charge is -2.42. The Bertz CT molecular complexity index is 800. The molecule has 0 amide bonds. The Kier molecular flexibility index (Phi) is 6.64. The van der Waals surface area contributed by atoms with Gasteiger partial charge in [0.05, 0.1) is 8.07 Å². The summed E-state index contributed by atoms with van der Waals surface area (Å²) in [5.74, 6) is 0. The van der Waals surface area contributed by atoms with E-state index in [2.05, 4.69) is 105 Å². The van der Waals surface area contributed by atoms with Crippen LogP contribution in [0.4, 0.5) is 0 Å². The van der Waals surface area contributed by atoms with Crippen molar-refractivity contribution in [3.8, 4) is 0 Å². The van der Waals surface area contributed by atoms with Gasteiger partial charge in [0.2, 0.25) is 0 Å². The zero-order chi connectivity index (χ0) is 21.4. The van der Waals surface area contributed by atoms with Gasteiger partial charge < -0.3 is 4.80 Å². The molecule has 0 saturated carbocycles.